The molecule has 0 saturated heterocycles. The molecule has 0 bridgehead atoms. The molecule has 1 aliphatic rings. The van der Waals surface area contributed by atoms with Gasteiger partial charge in [-0.3, -0.25) is 4.79 Å². The molecule has 2 N–H and O–H groups in total. The maximum absolute atomic E-state index is 11.0. The molecule has 11 heavy (non-hydrogen) atoms. The normalized spacial score (nSPS) is 16.8. The number of rotatable bonds is 6. The van der Waals surface area contributed by atoms with Gasteiger partial charge in [-0.2, -0.15) is 0 Å². The molecule has 0 heterocycles. The summed E-state index contributed by atoms with van der Waals surface area (Å²) >= 11 is 0. The minimum Gasteiger partial charge on any atom is -0.372 e. The highest BCUT2D eigenvalue weighted by Gasteiger charge is 2.23. The Bertz CT molecular complexity index is 132. The molecule has 0 amide bonds. The van der Waals surface area contributed by atoms with Crippen molar-refractivity contribution in [2.45, 2.75) is 19.3 Å². The minimum atomic E-state index is 0.223. The van der Waals surface area contributed by atoms with Crippen LogP contribution in [-0.4, -0.2) is 25.5 Å². The van der Waals surface area contributed by atoms with Gasteiger partial charge in [0.15, 0.2) is 5.78 Å². The number of carbonyl (C=O) groups is 1. The molecule has 1 rings (SSSR count). The van der Waals surface area contributed by atoms with E-state index < -0.39 is 0 Å². The second-order valence-electron chi connectivity index (χ2n) is 3.03. The Hall–Kier alpha value is -0.410. The van der Waals surface area contributed by atoms with Crippen LogP contribution in [0.2, 0.25) is 0 Å². The van der Waals surface area contributed by atoms with Crippen molar-refractivity contribution in [3.05, 3.63) is 0 Å². The minimum absolute atomic E-state index is 0.223. The smallest absolute Gasteiger partial charge is 0.158 e. The van der Waals surface area contributed by atoms with E-state index in [1.54, 1.807) is 0 Å². The van der Waals surface area contributed by atoms with Gasteiger partial charge in [-0.05, 0) is 18.8 Å². The zero-order valence-corrected chi connectivity index (χ0v) is 6.71. The van der Waals surface area contributed by atoms with E-state index in [4.69, 9.17) is 10.5 Å². The van der Waals surface area contributed by atoms with Crippen molar-refractivity contribution in [2.24, 2.45) is 11.7 Å². The SMILES string of the molecule is NCCOCC(=O)CC1CC1. The third kappa shape index (κ3) is 4.11. The number of ether oxygens (including phenoxy) is 1. The average molecular weight is 157 g/mol. The maximum Gasteiger partial charge on any atom is 0.158 e. The van der Waals surface area contributed by atoms with Gasteiger partial charge in [-0.25, -0.2) is 0 Å². The lowest BCUT2D eigenvalue weighted by molar-refractivity contribution is -0.123. The molecule has 0 aromatic carbocycles. The Morgan fingerprint density at radius 2 is 2.27 bits per heavy atom. The van der Waals surface area contributed by atoms with E-state index in [0.29, 0.717) is 25.5 Å². The van der Waals surface area contributed by atoms with Crippen LogP contribution in [0.1, 0.15) is 19.3 Å². The third-order valence-corrected chi connectivity index (χ3v) is 1.74. The van der Waals surface area contributed by atoms with E-state index in [2.05, 4.69) is 0 Å². The van der Waals surface area contributed by atoms with Crippen LogP contribution in [0, 0.1) is 5.92 Å². The van der Waals surface area contributed by atoms with Crippen molar-refractivity contribution in [3.63, 3.8) is 0 Å². The first kappa shape index (κ1) is 8.68. The highest BCUT2D eigenvalue weighted by atomic mass is 16.5. The Morgan fingerprint density at radius 3 is 2.82 bits per heavy atom. The molecule has 1 fully saturated rings. The standard InChI is InChI=1S/C8H15NO2/c9-3-4-11-6-8(10)5-7-1-2-7/h7H,1-6,9H2. The Labute approximate surface area is 66.9 Å². The molecule has 64 valence electrons. The summed E-state index contributed by atoms with van der Waals surface area (Å²) in [4.78, 5) is 11.0. The first-order valence-electron chi connectivity index (χ1n) is 4.12. The maximum atomic E-state index is 11.0. The molecular weight excluding hydrogens is 142 g/mol. The van der Waals surface area contributed by atoms with Gasteiger partial charge in [0.25, 0.3) is 0 Å². The van der Waals surface area contributed by atoms with Crippen LogP contribution < -0.4 is 5.73 Å². The summed E-state index contributed by atoms with van der Waals surface area (Å²) < 4.78 is 5.00. The van der Waals surface area contributed by atoms with Crippen LogP contribution in [0.3, 0.4) is 0 Å². The Balaban J connectivity index is 1.92. The van der Waals surface area contributed by atoms with Crippen molar-refractivity contribution in [1.29, 1.82) is 0 Å². The molecule has 0 aromatic rings. The molecule has 1 aliphatic carbocycles. The number of hydrogen-bond donors (Lipinski definition) is 1. The van der Waals surface area contributed by atoms with Gasteiger partial charge >= 0.3 is 0 Å². The lowest BCUT2D eigenvalue weighted by atomic mass is 10.2. The van der Waals surface area contributed by atoms with Crippen molar-refractivity contribution in [3.8, 4) is 0 Å². The summed E-state index contributed by atoms with van der Waals surface area (Å²) in [7, 11) is 0. The topological polar surface area (TPSA) is 52.3 Å². The van der Waals surface area contributed by atoms with Gasteiger partial charge in [0.1, 0.15) is 6.61 Å². The summed E-state index contributed by atoms with van der Waals surface area (Å²) in [6.07, 6.45) is 3.16. The summed E-state index contributed by atoms with van der Waals surface area (Å²) in [6.45, 7) is 1.25. The van der Waals surface area contributed by atoms with Crippen molar-refractivity contribution < 1.29 is 9.53 Å². The van der Waals surface area contributed by atoms with E-state index >= 15 is 0 Å². The van der Waals surface area contributed by atoms with Gasteiger partial charge < -0.3 is 10.5 Å². The number of ketones is 1. The highest BCUT2D eigenvalue weighted by Crippen LogP contribution is 2.32. The molecule has 0 aromatic heterocycles. The molecule has 3 nitrogen and oxygen atoms in total. The van der Waals surface area contributed by atoms with Crippen LogP contribution in [0.15, 0.2) is 0 Å². The molecule has 0 aliphatic heterocycles. The number of Topliss-reactive ketones (excluding diaryl/α,β-unsaturated/α-hetero) is 1. The van der Waals surface area contributed by atoms with Crippen LogP contribution in [0.5, 0.6) is 0 Å². The van der Waals surface area contributed by atoms with Crippen molar-refractivity contribution >= 4 is 5.78 Å². The molecule has 0 radical (unpaired) electrons. The fourth-order valence-corrected chi connectivity index (χ4v) is 0.972. The van der Waals surface area contributed by atoms with Crippen molar-refractivity contribution in [1.82, 2.24) is 0 Å². The Kier molecular flexibility index (Phi) is 3.52. The molecule has 3 heteroatoms. The lowest BCUT2D eigenvalue weighted by Gasteiger charge is -1.99. The summed E-state index contributed by atoms with van der Waals surface area (Å²) in [5.41, 5.74) is 5.19. The Morgan fingerprint density at radius 1 is 1.55 bits per heavy atom. The first-order valence-corrected chi connectivity index (χ1v) is 4.12. The molecular formula is C8H15NO2. The fraction of sp³-hybridized carbons (Fsp3) is 0.875. The van der Waals surface area contributed by atoms with E-state index in [0.717, 1.165) is 0 Å². The first-order chi connectivity index (χ1) is 5.33. The largest absolute Gasteiger partial charge is 0.372 e. The van der Waals surface area contributed by atoms with Crippen molar-refractivity contribution in [2.75, 3.05) is 19.8 Å². The predicted octanol–water partition coefficient (Wildman–Crippen LogP) is 0.331. The summed E-state index contributed by atoms with van der Waals surface area (Å²) in [5, 5.41) is 0. The van der Waals surface area contributed by atoms with E-state index in [1.165, 1.54) is 12.8 Å². The number of nitrogens with two attached hydrogens (primary N) is 1. The van der Waals surface area contributed by atoms with Gasteiger partial charge in [0.2, 0.25) is 0 Å². The zero-order valence-electron chi connectivity index (χ0n) is 6.71. The fourth-order valence-electron chi connectivity index (χ4n) is 0.972. The number of hydrogen-bond acceptors (Lipinski definition) is 3. The molecule has 0 atom stereocenters. The van der Waals surface area contributed by atoms with Gasteiger partial charge in [0, 0.05) is 13.0 Å². The van der Waals surface area contributed by atoms with E-state index in [-0.39, 0.29) is 12.4 Å². The van der Waals surface area contributed by atoms with Crippen LogP contribution in [0.25, 0.3) is 0 Å². The summed E-state index contributed by atoms with van der Waals surface area (Å²) in [5.74, 6) is 0.893. The second kappa shape index (κ2) is 4.46. The van der Waals surface area contributed by atoms with Gasteiger partial charge in [0.05, 0.1) is 6.61 Å². The molecule has 1 saturated carbocycles. The van der Waals surface area contributed by atoms with Crippen LogP contribution in [-0.2, 0) is 9.53 Å². The average Bonchev–Trinajstić information content (AvgIpc) is 2.72. The molecule has 0 unspecified atom stereocenters. The predicted molar refractivity (Wildman–Crippen MR) is 42.2 cm³/mol. The number of carbonyl (C=O) groups excluding carboxylic acids is 1. The zero-order chi connectivity index (χ0) is 8.10. The van der Waals surface area contributed by atoms with Gasteiger partial charge in [-0.15, -0.1) is 0 Å². The molecule has 0 spiro atoms. The highest BCUT2D eigenvalue weighted by molar-refractivity contribution is 5.80. The lowest BCUT2D eigenvalue weighted by Crippen LogP contribution is -2.14. The van der Waals surface area contributed by atoms with E-state index in [1.807, 2.05) is 0 Å². The third-order valence-electron chi connectivity index (χ3n) is 1.74. The monoisotopic (exact) mass is 157 g/mol. The summed E-state index contributed by atoms with van der Waals surface area (Å²) in [6, 6.07) is 0. The quantitative estimate of drug-likeness (QED) is 0.565. The van der Waals surface area contributed by atoms with E-state index in [9.17, 15) is 4.79 Å². The second-order valence-corrected chi connectivity index (χ2v) is 3.03. The van der Waals surface area contributed by atoms with Crippen LogP contribution in [0.4, 0.5) is 0 Å². The van der Waals surface area contributed by atoms with Crippen LogP contribution >= 0.6 is 0 Å². The van der Waals surface area contributed by atoms with Gasteiger partial charge in [-0.1, -0.05) is 0 Å².